The van der Waals surface area contributed by atoms with Crippen LogP contribution in [-0.2, 0) is 9.84 Å². The number of aryl methyl sites for hydroxylation is 1. The molecule has 0 bridgehead atoms. The highest BCUT2D eigenvalue weighted by molar-refractivity contribution is 7.90. The monoisotopic (exact) mass is 389 g/mol. The van der Waals surface area contributed by atoms with E-state index in [-0.39, 0.29) is 26.9 Å². The summed E-state index contributed by atoms with van der Waals surface area (Å²) in [7, 11) is -3.47. The van der Waals surface area contributed by atoms with Crippen molar-refractivity contribution in [3.05, 3.63) is 52.5 Å². The second-order valence-electron chi connectivity index (χ2n) is 5.23. The van der Waals surface area contributed by atoms with Crippen LogP contribution in [0.3, 0.4) is 0 Å². The van der Waals surface area contributed by atoms with E-state index in [1.165, 1.54) is 36.4 Å². The highest BCUT2D eigenvalue weighted by Crippen LogP contribution is 2.29. The number of anilines is 1. The molecule has 0 aliphatic rings. The lowest BCUT2D eigenvalue weighted by molar-refractivity contribution is -0.0497. The van der Waals surface area contributed by atoms with Gasteiger partial charge in [-0.25, -0.2) is 8.42 Å². The van der Waals surface area contributed by atoms with E-state index in [0.29, 0.717) is 5.56 Å². The van der Waals surface area contributed by atoms with Crippen molar-refractivity contribution < 1.29 is 26.7 Å². The predicted molar refractivity (Wildman–Crippen MR) is 90.3 cm³/mol. The number of halogens is 3. The predicted octanol–water partition coefficient (Wildman–Crippen LogP) is 3.91. The van der Waals surface area contributed by atoms with Crippen LogP contribution < -0.4 is 10.1 Å². The number of rotatable bonds is 5. The van der Waals surface area contributed by atoms with Crippen LogP contribution in [0.1, 0.15) is 15.9 Å². The molecule has 5 nitrogen and oxygen atoms in total. The Balaban J connectivity index is 2.24. The molecular weight excluding hydrogens is 376 g/mol. The number of hydrogen-bond acceptors (Lipinski definition) is 4. The number of nitrogens with one attached hydrogen (secondary N) is 1. The molecular formula is C16H14ClF2NO4S. The van der Waals surface area contributed by atoms with Gasteiger partial charge in [0.05, 0.1) is 9.92 Å². The summed E-state index contributed by atoms with van der Waals surface area (Å²) in [5.74, 6) is -0.784. The largest absolute Gasteiger partial charge is 0.433 e. The summed E-state index contributed by atoms with van der Waals surface area (Å²) in [6.45, 7) is -1.39. The summed E-state index contributed by atoms with van der Waals surface area (Å²) < 4.78 is 52.1. The molecule has 1 N–H and O–H groups in total. The third-order valence-electron chi connectivity index (χ3n) is 3.26. The van der Waals surface area contributed by atoms with E-state index < -0.39 is 22.4 Å². The van der Waals surface area contributed by atoms with Crippen LogP contribution in [0.15, 0.2) is 41.3 Å². The fourth-order valence-corrected chi connectivity index (χ4v) is 3.33. The fourth-order valence-electron chi connectivity index (χ4n) is 2.11. The minimum atomic E-state index is -3.47. The van der Waals surface area contributed by atoms with Crippen LogP contribution in [-0.4, -0.2) is 27.2 Å². The minimum Gasteiger partial charge on any atom is -0.433 e. The molecule has 0 heterocycles. The first-order chi connectivity index (χ1) is 11.6. The van der Waals surface area contributed by atoms with E-state index in [4.69, 9.17) is 11.6 Å². The third kappa shape index (κ3) is 4.90. The molecule has 0 aromatic heterocycles. The lowest BCUT2D eigenvalue weighted by Crippen LogP contribution is -2.13. The molecule has 2 aromatic carbocycles. The highest BCUT2D eigenvalue weighted by atomic mass is 35.5. The minimum absolute atomic E-state index is 0.0545. The third-order valence-corrected chi connectivity index (χ3v) is 4.79. The van der Waals surface area contributed by atoms with Gasteiger partial charge in [-0.2, -0.15) is 8.78 Å². The highest BCUT2D eigenvalue weighted by Gasteiger charge is 2.15. The lowest BCUT2D eigenvalue weighted by atomic mass is 10.1. The van der Waals surface area contributed by atoms with Crippen LogP contribution >= 0.6 is 11.6 Å². The number of ether oxygens (including phenoxy) is 1. The summed E-state index contributed by atoms with van der Waals surface area (Å²) in [5, 5.41) is 2.42. The lowest BCUT2D eigenvalue weighted by Gasteiger charge is -2.11. The molecule has 134 valence electrons. The maximum Gasteiger partial charge on any atom is 0.387 e. The number of benzene rings is 2. The number of alkyl halides is 2. The number of sulfone groups is 1. The van der Waals surface area contributed by atoms with Crippen molar-refractivity contribution in [2.75, 3.05) is 11.6 Å². The molecule has 0 fully saturated rings. The van der Waals surface area contributed by atoms with Gasteiger partial charge in [0.2, 0.25) is 0 Å². The average molecular weight is 390 g/mol. The second-order valence-corrected chi connectivity index (χ2v) is 7.62. The van der Waals surface area contributed by atoms with Gasteiger partial charge in [0.1, 0.15) is 5.75 Å². The molecule has 2 rings (SSSR count). The Kier molecular flexibility index (Phi) is 5.64. The van der Waals surface area contributed by atoms with Crippen LogP contribution in [0.2, 0.25) is 5.02 Å². The van der Waals surface area contributed by atoms with Gasteiger partial charge >= 0.3 is 6.61 Å². The Morgan fingerprint density at radius 1 is 1.20 bits per heavy atom. The summed E-state index contributed by atoms with van der Waals surface area (Å²) >= 11 is 5.82. The van der Waals surface area contributed by atoms with Gasteiger partial charge in [-0.05, 0) is 42.8 Å². The Labute approximate surface area is 148 Å². The zero-order valence-electron chi connectivity index (χ0n) is 13.2. The maximum absolute atomic E-state index is 12.3. The molecule has 0 unspecified atom stereocenters. The normalized spacial score (nSPS) is 11.4. The SMILES string of the molecule is Cc1ccc(C(=O)Nc2ccc(OC(F)F)c(Cl)c2)cc1S(C)(=O)=O. The zero-order valence-corrected chi connectivity index (χ0v) is 14.8. The first kappa shape index (κ1) is 19.1. The molecule has 0 atom stereocenters. The first-order valence-corrected chi connectivity index (χ1v) is 9.21. The Morgan fingerprint density at radius 3 is 2.44 bits per heavy atom. The summed E-state index contributed by atoms with van der Waals surface area (Å²) in [5.41, 5.74) is 0.906. The maximum atomic E-state index is 12.3. The summed E-state index contributed by atoms with van der Waals surface area (Å²) in [4.78, 5) is 12.3. The molecule has 0 spiro atoms. The summed E-state index contributed by atoms with van der Waals surface area (Å²) in [6.07, 6.45) is 1.05. The zero-order chi connectivity index (χ0) is 18.8. The van der Waals surface area contributed by atoms with Gasteiger partial charge in [-0.15, -0.1) is 0 Å². The van der Waals surface area contributed by atoms with Gasteiger partial charge in [0.15, 0.2) is 9.84 Å². The number of amides is 1. The molecule has 0 aliphatic carbocycles. The van der Waals surface area contributed by atoms with E-state index in [1.807, 2.05) is 0 Å². The smallest absolute Gasteiger partial charge is 0.387 e. The topological polar surface area (TPSA) is 72.5 Å². The fraction of sp³-hybridized carbons (Fsp3) is 0.188. The van der Waals surface area contributed by atoms with Gasteiger partial charge in [0, 0.05) is 17.5 Å². The standard InChI is InChI=1S/C16H14ClF2NO4S/c1-9-3-4-10(7-14(9)25(2,22)23)15(21)20-11-5-6-13(12(17)8-11)24-16(18)19/h3-8,16H,1-2H3,(H,20,21). The number of carbonyl (C=O) groups excluding carboxylic acids is 1. The van der Waals surface area contributed by atoms with E-state index in [9.17, 15) is 22.0 Å². The van der Waals surface area contributed by atoms with Gasteiger partial charge in [-0.3, -0.25) is 4.79 Å². The average Bonchev–Trinajstić information content (AvgIpc) is 2.49. The van der Waals surface area contributed by atoms with Crippen molar-refractivity contribution in [2.45, 2.75) is 18.4 Å². The van der Waals surface area contributed by atoms with Crippen molar-refractivity contribution >= 4 is 33.0 Å². The van der Waals surface area contributed by atoms with E-state index >= 15 is 0 Å². The van der Waals surface area contributed by atoms with E-state index in [2.05, 4.69) is 10.1 Å². The van der Waals surface area contributed by atoms with Crippen LogP contribution in [0.25, 0.3) is 0 Å². The van der Waals surface area contributed by atoms with E-state index in [1.54, 1.807) is 6.92 Å². The van der Waals surface area contributed by atoms with Crippen LogP contribution in [0.5, 0.6) is 5.75 Å². The molecule has 0 aliphatic heterocycles. The van der Waals surface area contributed by atoms with Gasteiger partial charge < -0.3 is 10.1 Å². The van der Waals surface area contributed by atoms with Crippen LogP contribution in [0, 0.1) is 6.92 Å². The van der Waals surface area contributed by atoms with E-state index in [0.717, 1.165) is 6.26 Å². The van der Waals surface area contributed by atoms with Crippen molar-refractivity contribution in [3.63, 3.8) is 0 Å². The Bertz CT molecular complexity index is 916. The number of hydrogen-bond donors (Lipinski definition) is 1. The summed E-state index contributed by atoms with van der Waals surface area (Å²) in [6, 6.07) is 8.07. The first-order valence-electron chi connectivity index (χ1n) is 6.94. The molecule has 0 saturated heterocycles. The van der Waals surface area contributed by atoms with Gasteiger partial charge in [-0.1, -0.05) is 17.7 Å². The molecule has 25 heavy (non-hydrogen) atoms. The Morgan fingerprint density at radius 2 is 1.88 bits per heavy atom. The second kappa shape index (κ2) is 7.37. The van der Waals surface area contributed by atoms with Crippen LogP contribution in [0.4, 0.5) is 14.5 Å². The molecule has 1 amide bonds. The van der Waals surface area contributed by atoms with Crippen molar-refractivity contribution in [1.82, 2.24) is 0 Å². The molecule has 9 heteroatoms. The molecule has 0 saturated carbocycles. The molecule has 2 aromatic rings. The quantitative estimate of drug-likeness (QED) is 0.841. The molecule has 0 radical (unpaired) electrons. The Hall–Kier alpha value is -2.19. The number of carbonyl (C=O) groups is 1. The van der Waals surface area contributed by atoms with Crippen molar-refractivity contribution in [2.24, 2.45) is 0 Å². The van der Waals surface area contributed by atoms with Gasteiger partial charge in [0.25, 0.3) is 5.91 Å². The van der Waals surface area contributed by atoms with Crippen molar-refractivity contribution in [1.29, 1.82) is 0 Å². The van der Waals surface area contributed by atoms with Crippen molar-refractivity contribution in [3.8, 4) is 5.75 Å².